The molecule has 0 aromatic carbocycles. The number of nitrogens with zero attached hydrogens (tertiary/aromatic N) is 5. The third kappa shape index (κ3) is 3.33. The number of aryl methyl sites for hydroxylation is 1. The van der Waals surface area contributed by atoms with Crippen molar-refractivity contribution in [2.45, 2.75) is 19.6 Å². The standard InChI is InChI=1S/C14H14F3N5O/c1-9-4-18-13(19-5-9)21-6-10(7-21)8-22-12(23)3-2-11(20-22)14(15,16)17/h2-5,10H,6-8H2,1H3. The molecule has 2 aromatic heterocycles. The summed E-state index contributed by atoms with van der Waals surface area (Å²) in [6.07, 6.45) is -1.15. The van der Waals surface area contributed by atoms with Gasteiger partial charge in [-0.3, -0.25) is 4.79 Å². The monoisotopic (exact) mass is 325 g/mol. The Labute approximate surface area is 129 Å². The molecule has 1 saturated heterocycles. The fourth-order valence-corrected chi connectivity index (χ4v) is 2.37. The minimum Gasteiger partial charge on any atom is -0.340 e. The van der Waals surface area contributed by atoms with Crippen molar-refractivity contribution >= 4 is 5.95 Å². The SMILES string of the molecule is Cc1cnc(N2CC(Cn3nc(C(F)(F)F)ccc3=O)C2)nc1. The van der Waals surface area contributed by atoms with Crippen LogP contribution in [0.25, 0.3) is 0 Å². The molecule has 0 saturated carbocycles. The highest BCUT2D eigenvalue weighted by Crippen LogP contribution is 2.27. The van der Waals surface area contributed by atoms with Gasteiger partial charge in [0, 0.05) is 37.5 Å². The number of hydrogen-bond donors (Lipinski definition) is 0. The van der Waals surface area contributed by atoms with Gasteiger partial charge in [-0.1, -0.05) is 0 Å². The van der Waals surface area contributed by atoms with Crippen molar-refractivity contribution in [2.75, 3.05) is 18.0 Å². The average Bonchev–Trinajstić information content (AvgIpc) is 2.44. The number of halogens is 3. The Balaban J connectivity index is 1.66. The molecule has 2 aromatic rings. The van der Waals surface area contributed by atoms with Crippen molar-refractivity contribution in [2.24, 2.45) is 5.92 Å². The lowest BCUT2D eigenvalue weighted by atomic mass is 10.0. The Bertz CT molecular complexity index is 750. The molecule has 0 aliphatic carbocycles. The average molecular weight is 325 g/mol. The summed E-state index contributed by atoms with van der Waals surface area (Å²) in [5.74, 6) is 0.616. The van der Waals surface area contributed by atoms with Gasteiger partial charge in [0.1, 0.15) is 0 Å². The number of alkyl halides is 3. The minimum absolute atomic E-state index is 0.0357. The van der Waals surface area contributed by atoms with Gasteiger partial charge in [0.2, 0.25) is 5.95 Å². The zero-order valence-corrected chi connectivity index (χ0v) is 12.3. The van der Waals surface area contributed by atoms with Crippen LogP contribution in [0.1, 0.15) is 11.3 Å². The second kappa shape index (κ2) is 5.64. The second-order valence-electron chi connectivity index (χ2n) is 5.57. The smallest absolute Gasteiger partial charge is 0.340 e. The van der Waals surface area contributed by atoms with Crippen molar-refractivity contribution in [3.8, 4) is 0 Å². The maximum Gasteiger partial charge on any atom is 0.435 e. The molecular formula is C14H14F3N5O. The van der Waals surface area contributed by atoms with Crippen LogP contribution in [0.2, 0.25) is 0 Å². The summed E-state index contributed by atoms with van der Waals surface area (Å²) in [6, 6.07) is 1.60. The molecule has 0 atom stereocenters. The molecule has 1 fully saturated rings. The highest BCUT2D eigenvalue weighted by molar-refractivity contribution is 5.33. The lowest BCUT2D eigenvalue weighted by Crippen LogP contribution is -2.50. The maximum atomic E-state index is 12.6. The van der Waals surface area contributed by atoms with E-state index in [1.165, 1.54) is 0 Å². The predicted octanol–water partition coefficient (Wildman–Crippen LogP) is 1.50. The van der Waals surface area contributed by atoms with Crippen LogP contribution in [0.3, 0.4) is 0 Å². The van der Waals surface area contributed by atoms with Crippen molar-refractivity contribution in [1.29, 1.82) is 0 Å². The Hall–Kier alpha value is -2.45. The quantitative estimate of drug-likeness (QED) is 0.856. The zero-order valence-electron chi connectivity index (χ0n) is 12.3. The first-order valence-corrected chi connectivity index (χ1v) is 7.02. The van der Waals surface area contributed by atoms with Gasteiger partial charge in [0.15, 0.2) is 5.69 Å². The Morgan fingerprint density at radius 3 is 2.48 bits per heavy atom. The molecule has 0 bridgehead atoms. The van der Waals surface area contributed by atoms with Crippen molar-refractivity contribution < 1.29 is 13.2 Å². The van der Waals surface area contributed by atoms with Crippen LogP contribution in [-0.4, -0.2) is 32.8 Å². The lowest BCUT2D eigenvalue weighted by Gasteiger charge is -2.39. The molecule has 0 N–H and O–H groups in total. The summed E-state index contributed by atoms with van der Waals surface area (Å²) in [7, 11) is 0. The van der Waals surface area contributed by atoms with Crippen LogP contribution in [0.15, 0.2) is 29.3 Å². The third-order valence-corrected chi connectivity index (χ3v) is 3.60. The zero-order chi connectivity index (χ0) is 16.6. The summed E-state index contributed by atoms with van der Waals surface area (Å²) in [6.45, 7) is 3.18. The lowest BCUT2D eigenvalue weighted by molar-refractivity contribution is -0.142. The Morgan fingerprint density at radius 1 is 1.22 bits per heavy atom. The van der Waals surface area contributed by atoms with Crippen molar-refractivity contribution in [1.82, 2.24) is 19.7 Å². The molecule has 0 unspecified atom stereocenters. The number of aromatic nitrogens is 4. The maximum absolute atomic E-state index is 12.6. The van der Waals surface area contributed by atoms with E-state index in [2.05, 4.69) is 15.1 Å². The fourth-order valence-electron chi connectivity index (χ4n) is 2.37. The van der Waals surface area contributed by atoms with Gasteiger partial charge >= 0.3 is 6.18 Å². The second-order valence-corrected chi connectivity index (χ2v) is 5.57. The van der Waals surface area contributed by atoms with Crippen LogP contribution in [0, 0.1) is 12.8 Å². The van der Waals surface area contributed by atoms with Crippen LogP contribution in [0.5, 0.6) is 0 Å². The van der Waals surface area contributed by atoms with Crippen LogP contribution in [-0.2, 0) is 12.7 Å². The first-order chi connectivity index (χ1) is 10.8. The van der Waals surface area contributed by atoms with Gasteiger partial charge in [-0.2, -0.15) is 18.3 Å². The molecule has 0 spiro atoms. The molecule has 1 aliphatic rings. The van der Waals surface area contributed by atoms with Gasteiger partial charge in [0.25, 0.3) is 5.56 Å². The predicted molar refractivity (Wildman–Crippen MR) is 76.0 cm³/mol. The van der Waals surface area contributed by atoms with E-state index in [1.807, 2.05) is 11.8 Å². The van der Waals surface area contributed by atoms with Crippen molar-refractivity contribution in [3.63, 3.8) is 0 Å². The normalized spacial score (nSPS) is 15.6. The van der Waals surface area contributed by atoms with Gasteiger partial charge in [-0.25, -0.2) is 14.6 Å². The first kappa shape index (κ1) is 15.4. The van der Waals surface area contributed by atoms with Gasteiger partial charge in [-0.15, -0.1) is 0 Å². The molecule has 1 aliphatic heterocycles. The summed E-state index contributed by atoms with van der Waals surface area (Å²) in [5, 5.41) is 3.40. The van der Waals surface area contributed by atoms with E-state index in [1.54, 1.807) is 12.4 Å². The number of rotatable bonds is 3. The Morgan fingerprint density at radius 2 is 1.87 bits per heavy atom. The highest BCUT2D eigenvalue weighted by Gasteiger charge is 2.34. The number of anilines is 1. The third-order valence-electron chi connectivity index (χ3n) is 3.60. The Kier molecular flexibility index (Phi) is 3.78. The molecule has 3 rings (SSSR count). The summed E-state index contributed by atoms with van der Waals surface area (Å²) >= 11 is 0. The fraction of sp³-hybridized carbons (Fsp3) is 0.429. The van der Waals surface area contributed by atoms with Crippen molar-refractivity contribution in [3.05, 3.63) is 46.1 Å². The highest BCUT2D eigenvalue weighted by atomic mass is 19.4. The number of hydrogen-bond acceptors (Lipinski definition) is 5. The molecule has 3 heterocycles. The topological polar surface area (TPSA) is 63.9 Å². The van der Waals surface area contributed by atoms with Gasteiger partial charge in [0.05, 0.1) is 6.54 Å². The van der Waals surface area contributed by atoms with Gasteiger partial charge in [-0.05, 0) is 18.6 Å². The van der Waals surface area contributed by atoms with E-state index in [0.717, 1.165) is 16.3 Å². The summed E-state index contributed by atoms with van der Waals surface area (Å²) in [5.41, 5.74) is -0.649. The van der Waals surface area contributed by atoms with E-state index >= 15 is 0 Å². The minimum atomic E-state index is -4.56. The summed E-state index contributed by atoms with van der Waals surface area (Å²) < 4.78 is 38.8. The van der Waals surface area contributed by atoms with E-state index in [9.17, 15) is 18.0 Å². The molecule has 0 amide bonds. The first-order valence-electron chi connectivity index (χ1n) is 7.02. The molecule has 6 nitrogen and oxygen atoms in total. The van der Waals surface area contributed by atoms with E-state index < -0.39 is 17.4 Å². The molecule has 9 heteroatoms. The molecule has 0 radical (unpaired) electrons. The molecule has 23 heavy (non-hydrogen) atoms. The molecular weight excluding hydrogens is 311 g/mol. The van der Waals surface area contributed by atoms with Crippen LogP contribution >= 0.6 is 0 Å². The van der Waals surface area contributed by atoms with E-state index in [-0.39, 0.29) is 12.5 Å². The molecule has 122 valence electrons. The van der Waals surface area contributed by atoms with E-state index in [4.69, 9.17) is 0 Å². The largest absolute Gasteiger partial charge is 0.435 e. The van der Waals surface area contributed by atoms with Gasteiger partial charge < -0.3 is 4.90 Å². The summed E-state index contributed by atoms with van der Waals surface area (Å²) in [4.78, 5) is 21.9. The van der Waals surface area contributed by atoms with Crippen LogP contribution in [0.4, 0.5) is 19.1 Å². The van der Waals surface area contributed by atoms with Crippen LogP contribution < -0.4 is 10.5 Å². The van der Waals surface area contributed by atoms with E-state index in [0.29, 0.717) is 25.1 Å².